The molecular weight excluding hydrogens is 352 g/mol. The zero-order valence-corrected chi connectivity index (χ0v) is 16.8. The third-order valence-corrected chi connectivity index (χ3v) is 5.31. The number of nitrogens with zero attached hydrogens (tertiary/aromatic N) is 1. The predicted molar refractivity (Wildman–Crippen MR) is 110 cm³/mol. The van der Waals surface area contributed by atoms with Crippen molar-refractivity contribution in [1.29, 1.82) is 0 Å². The highest BCUT2D eigenvalue weighted by molar-refractivity contribution is 5.94. The molecule has 0 saturated heterocycles. The number of carbonyl (C=O) groups excluding carboxylic acids is 2. The number of aryl methyl sites for hydroxylation is 2. The number of benzene rings is 2. The van der Waals surface area contributed by atoms with E-state index in [-0.39, 0.29) is 17.9 Å². The summed E-state index contributed by atoms with van der Waals surface area (Å²) in [6, 6.07) is 14.1. The average molecular weight is 380 g/mol. The molecule has 1 heterocycles. The Kier molecular flexibility index (Phi) is 6.34. The first-order chi connectivity index (χ1) is 13.4. The van der Waals surface area contributed by atoms with E-state index < -0.39 is 0 Å². The molecule has 0 spiro atoms. The number of carbonyl (C=O) groups is 2. The van der Waals surface area contributed by atoms with Crippen molar-refractivity contribution in [3.8, 4) is 5.75 Å². The molecule has 0 aromatic heterocycles. The molecule has 0 bridgehead atoms. The third kappa shape index (κ3) is 4.91. The van der Waals surface area contributed by atoms with E-state index in [2.05, 4.69) is 36.5 Å². The van der Waals surface area contributed by atoms with Crippen LogP contribution in [0, 0.1) is 6.92 Å². The van der Waals surface area contributed by atoms with E-state index in [0.29, 0.717) is 25.9 Å². The number of anilines is 1. The summed E-state index contributed by atoms with van der Waals surface area (Å²) in [5.41, 5.74) is 4.32. The molecule has 148 valence electrons. The van der Waals surface area contributed by atoms with Crippen molar-refractivity contribution in [3.63, 3.8) is 0 Å². The quantitative estimate of drug-likeness (QED) is 0.730. The molecule has 2 aromatic rings. The standard InChI is InChI=1S/C23H28N2O3/c1-16-6-8-18(9-7-16)17(2)25(3)23(27)5-4-14-28-20-11-12-21-19(15-20)10-13-22(26)24-21/h6-9,11-12,15,17H,4-5,10,13-14H2,1-3H3,(H,24,26). The van der Waals surface area contributed by atoms with Crippen molar-refractivity contribution in [1.82, 2.24) is 4.90 Å². The summed E-state index contributed by atoms with van der Waals surface area (Å²) >= 11 is 0. The van der Waals surface area contributed by atoms with Gasteiger partial charge in [-0.25, -0.2) is 0 Å². The first kappa shape index (κ1) is 19.9. The van der Waals surface area contributed by atoms with E-state index in [4.69, 9.17) is 4.74 Å². The number of hydrogen-bond acceptors (Lipinski definition) is 3. The van der Waals surface area contributed by atoms with Gasteiger partial charge in [-0.2, -0.15) is 0 Å². The van der Waals surface area contributed by atoms with Crippen LogP contribution in [-0.4, -0.2) is 30.4 Å². The highest BCUT2D eigenvalue weighted by Gasteiger charge is 2.17. The molecule has 0 saturated carbocycles. The molecule has 1 aliphatic heterocycles. The van der Waals surface area contributed by atoms with Crippen LogP contribution in [0.5, 0.6) is 5.75 Å². The number of hydrogen-bond donors (Lipinski definition) is 1. The van der Waals surface area contributed by atoms with Gasteiger partial charge in [-0.15, -0.1) is 0 Å². The van der Waals surface area contributed by atoms with Crippen molar-refractivity contribution in [2.75, 3.05) is 19.0 Å². The predicted octanol–water partition coefficient (Wildman–Crippen LogP) is 4.26. The van der Waals surface area contributed by atoms with Crippen molar-refractivity contribution < 1.29 is 14.3 Å². The molecule has 1 N–H and O–H groups in total. The summed E-state index contributed by atoms with van der Waals surface area (Å²) in [6.07, 6.45) is 2.36. The van der Waals surface area contributed by atoms with E-state index in [1.165, 1.54) is 5.56 Å². The lowest BCUT2D eigenvalue weighted by Crippen LogP contribution is -2.29. The van der Waals surface area contributed by atoms with Crippen LogP contribution >= 0.6 is 0 Å². The Morgan fingerprint density at radius 3 is 2.68 bits per heavy atom. The highest BCUT2D eigenvalue weighted by Crippen LogP contribution is 2.27. The first-order valence-electron chi connectivity index (χ1n) is 9.82. The van der Waals surface area contributed by atoms with Crippen LogP contribution < -0.4 is 10.1 Å². The second kappa shape index (κ2) is 8.91. The molecule has 1 aliphatic rings. The fourth-order valence-electron chi connectivity index (χ4n) is 3.32. The number of fused-ring (bicyclic) bond motifs is 1. The number of rotatable bonds is 7. The summed E-state index contributed by atoms with van der Waals surface area (Å²) in [7, 11) is 1.85. The van der Waals surface area contributed by atoms with E-state index in [1.807, 2.05) is 32.2 Å². The van der Waals surface area contributed by atoms with Crippen LogP contribution in [0.1, 0.15) is 48.9 Å². The number of amides is 2. The second-order valence-electron chi connectivity index (χ2n) is 7.41. The minimum absolute atomic E-state index is 0.0462. The zero-order valence-electron chi connectivity index (χ0n) is 16.8. The van der Waals surface area contributed by atoms with Crippen LogP contribution in [0.15, 0.2) is 42.5 Å². The van der Waals surface area contributed by atoms with Crippen LogP contribution in [0.4, 0.5) is 5.69 Å². The maximum Gasteiger partial charge on any atom is 0.224 e. The lowest BCUT2D eigenvalue weighted by atomic mass is 10.0. The molecule has 5 heteroatoms. The minimum atomic E-state index is 0.0462. The maximum atomic E-state index is 12.5. The van der Waals surface area contributed by atoms with Gasteiger partial charge in [-0.3, -0.25) is 9.59 Å². The fraction of sp³-hybridized carbons (Fsp3) is 0.391. The van der Waals surface area contributed by atoms with Crippen LogP contribution in [0.25, 0.3) is 0 Å². The lowest BCUT2D eigenvalue weighted by Gasteiger charge is -2.25. The molecule has 2 aromatic carbocycles. The summed E-state index contributed by atoms with van der Waals surface area (Å²) in [6.45, 7) is 4.59. The van der Waals surface area contributed by atoms with Gasteiger partial charge >= 0.3 is 0 Å². The van der Waals surface area contributed by atoms with Crippen molar-refractivity contribution in [2.45, 2.75) is 45.6 Å². The number of nitrogens with one attached hydrogen (secondary N) is 1. The molecule has 2 amide bonds. The van der Waals surface area contributed by atoms with Crippen molar-refractivity contribution >= 4 is 17.5 Å². The highest BCUT2D eigenvalue weighted by atomic mass is 16.5. The molecule has 3 rings (SSSR count). The van der Waals surface area contributed by atoms with E-state index in [0.717, 1.165) is 29.0 Å². The Hall–Kier alpha value is -2.82. The van der Waals surface area contributed by atoms with Crippen LogP contribution in [-0.2, 0) is 16.0 Å². The topological polar surface area (TPSA) is 58.6 Å². The minimum Gasteiger partial charge on any atom is -0.494 e. The van der Waals surface area contributed by atoms with Gasteiger partial charge < -0.3 is 15.0 Å². The molecular formula is C23H28N2O3. The van der Waals surface area contributed by atoms with Gasteiger partial charge in [0.2, 0.25) is 11.8 Å². The van der Waals surface area contributed by atoms with Crippen LogP contribution in [0.2, 0.25) is 0 Å². The average Bonchev–Trinajstić information content (AvgIpc) is 2.70. The van der Waals surface area contributed by atoms with Crippen molar-refractivity contribution in [3.05, 3.63) is 59.2 Å². The monoisotopic (exact) mass is 380 g/mol. The molecule has 0 aliphatic carbocycles. The van der Waals surface area contributed by atoms with Gasteiger partial charge in [0, 0.05) is 25.6 Å². The lowest BCUT2D eigenvalue weighted by molar-refractivity contribution is -0.132. The van der Waals surface area contributed by atoms with Crippen molar-refractivity contribution in [2.24, 2.45) is 0 Å². The Morgan fingerprint density at radius 2 is 1.93 bits per heavy atom. The molecule has 1 unspecified atom stereocenters. The van der Waals surface area contributed by atoms with E-state index in [9.17, 15) is 9.59 Å². The molecule has 5 nitrogen and oxygen atoms in total. The SMILES string of the molecule is Cc1ccc(C(C)N(C)C(=O)CCCOc2ccc3c(c2)CCC(=O)N3)cc1. The van der Waals surface area contributed by atoms with E-state index in [1.54, 1.807) is 4.90 Å². The molecule has 0 radical (unpaired) electrons. The first-order valence-corrected chi connectivity index (χ1v) is 9.82. The molecule has 28 heavy (non-hydrogen) atoms. The Balaban J connectivity index is 1.45. The molecule has 1 atom stereocenters. The van der Waals surface area contributed by atoms with Gasteiger partial charge in [0.05, 0.1) is 12.6 Å². The Labute approximate surface area is 166 Å². The summed E-state index contributed by atoms with van der Waals surface area (Å²) in [4.78, 5) is 25.7. The van der Waals surface area contributed by atoms with Gasteiger partial charge in [0.25, 0.3) is 0 Å². The summed E-state index contributed by atoms with van der Waals surface area (Å²) in [5.74, 6) is 0.956. The Bertz CT molecular complexity index is 845. The van der Waals surface area contributed by atoms with Crippen LogP contribution in [0.3, 0.4) is 0 Å². The Morgan fingerprint density at radius 1 is 1.18 bits per heavy atom. The number of ether oxygens (including phenoxy) is 1. The van der Waals surface area contributed by atoms with Gasteiger partial charge in [-0.05, 0) is 56.0 Å². The fourth-order valence-corrected chi connectivity index (χ4v) is 3.32. The second-order valence-corrected chi connectivity index (χ2v) is 7.41. The third-order valence-electron chi connectivity index (χ3n) is 5.31. The van der Waals surface area contributed by atoms with E-state index >= 15 is 0 Å². The smallest absolute Gasteiger partial charge is 0.224 e. The maximum absolute atomic E-state index is 12.5. The van der Waals surface area contributed by atoms with Gasteiger partial charge in [-0.1, -0.05) is 29.8 Å². The zero-order chi connectivity index (χ0) is 20.1. The van der Waals surface area contributed by atoms with Gasteiger partial charge in [0.1, 0.15) is 5.75 Å². The molecule has 0 fully saturated rings. The largest absolute Gasteiger partial charge is 0.494 e. The van der Waals surface area contributed by atoms with Gasteiger partial charge in [0.15, 0.2) is 0 Å². The summed E-state index contributed by atoms with van der Waals surface area (Å²) < 4.78 is 5.80. The normalized spacial score (nSPS) is 14.0. The summed E-state index contributed by atoms with van der Waals surface area (Å²) in [5, 5.41) is 2.86.